The molecule has 6 nitrogen and oxygen atoms in total. The molecule has 2 aromatic carbocycles. The van der Waals surface area contributed by atoms with Crippen LogP contribution in [0.5, 0.6) is 5.75 Å². The van der Waals surface area contributed by atoms with E-state index in [9.17, 15) is 15.0 Å². The fourth-order valence-corrected chi connectivity index (χ4v) is 3.28. The quantitative estimate of drug-likeness (QED) is 0.389. The Morgan fingerprint density at radius 2 is 1.84 bits per heavy atom. The minimum atomic E-state index is -0.994. The van der Waals surface area contributed by atoms with Gasteiger partial charge >= 0.3 is 5.97 Å². The number of benzene rings is 2. The number of carboxylic acid groups (broad SMARTS) is 1. The van der Waals surface area contributed by atoms with Crippen LogP contribution in [0.1, 0.15) is 41.4 Å². The maximum Gasteiger partial charge on any atom is 0.339 e. The molecule has 0 saturated carbocycles. The molecule has 1 atom stereocenters. The van der Waals surface area contributed by atoms with Crippen molar-refractivity contribution < 1.29 is 19.7 Å². The van der Waals surface area contributed by atoms with E-state index in [1.54, 1.807) is 24.5 Å². The lowest BCUT2D eigenvalue weighted by molar-refractivity contribution is 0.0691. The number of aliphatic hydroxyl groups excluding tert-OH is 1. The van der Waals surface area contributed by atoms with Gasteiger partial charge in [0.15, 0.2) is 0 Å². The minimum Gasteiger partial charge on any atom is -0.492 e. The van der Waals surface area contributed by atoms with Crippen molar-refractivity contribution in [2.45, 2.75) is 26.4 Å². The average Bonchev–Trinajstić information content (AvgIpc) is 2.81. The Hall–Kier alpha value is -3.22. The molecule has 0 saturated heterocycles. The van der Waals surface area contributed by atoms with E-state index in [0.29, 0.717) is 24.8 Å². The molecule has 0 radical (unpaired) electrons. The molecule has 3 N–H and O–H groups in total. The summed E-state index contributed by atoms with van der Waals surface area (Å²) in [7, 11) is 0. The van der Waals surface area contributed by atoms with E-state index in [1.165, 1.54) is 5.56 Å². The first kappa shape index (κ1) is 23.4. The number of carbonyl (C=O) groups is 1. The molecule has 0 aliphatic carbocycles. The number of pyridine rings is 1. The topological polar surface area (TPSA) is 91.7 Å². The SMILES string of the molecule is CC(C)COc1cc(-c2ccc(CCNC[C@H](O)c3cccnc3)cc2)ccc1C(=O)O. The molecule has 3 aromatic rings. The third-order valence-electron chi connectivity index (χ3n) is 5.07. The number of hydrogen-bond acceptors (Lipinski definition) is 5. The van der Waals surface area contributed by atoms with Gasteiger partial charge in [-0.15, -0.1) is 0 Å². The van der Waals surface area contributed by atoms with Gasteiger partial charge in [0.1, 0.15) is 11.3 Å². The lowest BCUT2D eigenvalue weighted by atomic mass is 10.0. The molecule has 3 rings (SSSR count). The number of hydrogen-bond donors (Lipinski definition) is 3. The Morgan fingerprint density at radius 3 is 2.50 bits per heavy atom. The number of ether oxygens (including phenoxy) is 1. The minimum absolute atomic E-state index is 0.172. The number of nitrogens with zero attached hydrogens (tertiary/aromatic N) is 1. The summed E-state index contributed by atoms with van der Waals surface area (Å²) in [5.74, 6) is -0.297. The van der Waals surface area contributed by atoms with Crippen molar-refractivity contribution in [3.8, 4) is 16.9 Å². The van der Waals surface area contributed by atoms with Crippen LogP contribution < -0.4 is 10.1 Å². The Kier molecular flexibility index (Phi) is 8.36. The summed E-state index contributed by atoms with van der Waals surface area (Å²) in [5, 5.41) is 22.9. The molecule has 0 amide bonds. The number of aliphatic hydroxyl groups is 1. The van der Waals surface area contributed by atoms with Crippen LogP contribution in [0.25, 0.3) is 11.1 Å². The second kappa shape index (κ2) is 11.4. The summed E-state index contributed by atoms with van der Waals surface area (Å²) in [6.07, 6.45) is 3.62. The smallest absolute Gasteiger partial charge is 0.339 e. The highest BCUT2D eigenvalue weighted by molar-refractivity contribution is 5.92. The third-order valence-corrected chi connectivity index (χ3v) is 5.07. The first-order valence-electron chi connectivity index (χ1n) is 10.8. The molecule has 1 heterocycles. The van der Waals surface area contributed by atoms with E-state index >= 15 is 0 Å². The van der Waals surface area contributed by atoms with Crippen molar-refractivity contribution in [2.24, 2.45) is 5.92 Å². The van der Waals surface area contributed by atoms with E-state index in [1.807, 2.05) is 44.2 Å². The molecule has 0 bridgehead atoms. The Bertz CT molecular complexity index is 1000. The number of rotatable bonds is 11. The number of aromatic nitrogens is 1. The van der Waals surface area contributed by atoms with Crippen LogP contribution in [0.4, 0.5) is 0 Å². The van der Waals surface area contributed by atoms with E-state index in [4.69, 9.17) is 4.74 Å². The second-order valence-corrected chi connectivity index (χ2v) is 8.17. The Balaban J connectivity index is 1.57. The number of carboxylic acids is 1. The van der Waals surface area contributed by atoms with Gasteiger partial charge in [0.05, 0.1) is 12.7 Å². The molecule has 6 heteroatoms. The van der Waals surface area contributed by atoms with E-state index < -0.39 is 12.1 Å². The summed E-state index contributed by atoms with van der Waals surface area (Å²) >= 11 is 0. The van der Waals surface area contributed by atoms with Crippen LogP contribution in [-0.4, -0.2) is 40.9 Å². The zero-order chi connectivity index (χ0) is 22.9. The summed E-state index contributed by atoms with van der Waals surface area (Å²) in [6.45, 7) is 5.73. The van der Waals surface area contributed by atoms with Crippen LogP contribution in [0.2, 0.25) is 0 Å². The molecule has 0 fully saturated rings. The van der Waals surface area contributed by atoms with Gasteiger partial charge in [0.25, 0.3) is 0 Å². The molecule has 0 unspecified atom stereocenters. The van der Waals surface area contributed by atoms with Crippen molar-refractivity contribution in [1.82, 2.24) is 10.3 Å². The average molecular weight is 435 g/mol. The van der Waals surface area contributed by atoms with Crippen molar-refractivity contribution in [2.75, 3.05) is 19.7 Å². The second-order valence-electron chi connectivity index (χ2n) is 8.17. The van der Waals surface area contributed by atoms with Crippen LogP contribution >= 0.6 is 0 Å². The fraction of sp³-hybridized carbons (Fsp3) is 0.308. The fourth-order valence-electron chi connectivity index (χ4n) is 3.28. The van der Waals surface area contributed by atoms with Gasteiger partial charge in [-0.3, -0.25) is 4.98 Å². The van der Waals surface area contributed by atoms with Crippen molar-refractivity contribution in [3.63, 3.8) is 0 Å². The molecule has 0 aliphatic rings. The normalized spacial score (nSPS) is 12.0. The van der Waals surface area contributed by atoms with Gasteiger partial charge < -0.3 is 20.3 Å². The summed E-state index contributed by atoms with van der Waals surface area (Å²) in [6, 6.07) is 17.1. The molecular weight excluding hydrogens is 404 g/mol. The van der Waals surface area contributed by atoms with Gasteiger partial charge in [0, 0.05) is 24.5 Å². The van der Waals surface area contributed by atoms with E-state index in [2.05, 4.69) is 22.4 Å². The molecule has 168 valence electrons. The first-order chi connectivity index (χ1) is 15.4. The van der Waals surface area contributed by atoms with Crippen molar-refractivity contribution >= 4 is 5.97 Å². The monoisotopic (exact) mass is 434 g/mol. The van der Waals surface area contributed by atoms with Gasteiger partial charge in [-0.1, -0.05) is 50.2 Å². The van der Waals surface area contributed by atoms with Crippen LogP contribution in [0.15, 0.2) is 67.0 Å². The predicted molar refractivity (Wildman–Crippen MR) is 125 cm³/mol. The summed E-state index contributed by atoms with van der Waals surface area (Å²) < 4.78 is 5.75. The maximum absolute atomic E-state index is 11.5. The number of aromatic carboxylic acids is 1. The van der Waals surface area contributed by atoms with Gasteiger partial charge in [-0.05, 0) is 53.8 Å². The zero-order valence-corrected chi connectivity index (χ0v) is 18.5. The Morgan fingerprint density at radius 1 is 1.09 bits per heavy atom. The molecule has 32 heavy (non-hydrogen) atoms. The number of nitrogens with one attached hydrogen (secondary N) is 1. The van der Waals surface area contributed by atoms with Crippen LogP contribution in [0.3, 0.4) is 0 Å². The highest BCUT2D eigenvalue weighted by Crippen LogP contribution is 2.28. The summed E-state index contributed by atoms with van der Waals surface area (Å²) in [4.78, 5) is 15.5. The molecule has 1 aromatic heterocycles. The van der Waals surface area contributed by atoms with Crippen LogP contribution in [-0.2, 0) is 6.42 Å². The maximum atomic E-state index is 11.5. The standard InChI is InChI=1S/C26H30N2O4/c1-18(2)17-32-25-14-21(9-10-23(25)26(30)31)20-7-5-19(6-8-20)11-13-28-16-24(29)22-4-3-12-27-15-22/h3-10,12,14-15,18,24,28-29H,11,13,16-17H2,1-2H3,(H,30,31)/t24-/m0/s1. The largest absolute Gasteiger partial charge is 0.492 e. The Labute approximate surface area is 188 Å². The highest BCUT2D eigenvalue weighted by Gasteiger charge is 2.13. The van der Waals surface area contributed by atoms with Gasteiger partial charge in [0.2, 0.25) is 0 Å². The zero-order valence-electron chi connectivity index (χ0n) is 18.5. The molecule has 0 aliphatic heterocycles. The van der Waals surface area contributed by atoms with Crippen molar-refractivity contribution in [1.29, 1.82) is 0 Å². The first-order valence-corrected chi connectivity index (χ1v) is 10.8. The van der Waals surface area contributed by atoms with E-state index in [-0.39, 0.29) is 5.56 Å². The lowest BCUT2D eigenvalue weighted by Gasteiger charge is -2.13. The predicted octanol–water partition coefficient (Wildman–Crippen LogP) is 4.35. The van der Waals surface area contributed by atoms with Gasteiger partial charge in [-0.25, -0.2) is 4.79 Å². The van der Waals surface area contributed by atoms with Crippen molar-refractivity contribution in [3.05, 3.63) is 83.7 Å². The van der Waals surface area contributed by atoms with Crippen LogP contribution in [0, 0.1) is 5.92 Å². The lowest BCUT2D eigenvalue weighted by Crippen LogP contribution is -2.23. The highest BCUT2D eigenvalue weighted by atomic mass is 16.5. The molecule has 0 spiro atoms. The third kappa shape index (κ3) is 6.64. The molecular formula is C26H30N2O4. The van der Waals surface area contributed by atoms with E-state index in [0.717, 1.165) is 29.7 Å². The van der Waals surface area contributed by atoms with Gasteiger partial charge in [-0.2, -0.15) is 0 Å². The summed E-state index contributed by atoms with van der Waals surface area (Å²) in [5.41, 5.74) is 4.06.